The SMILES string of the molecule is Cn1c(SCc2cc(-c3ccc(Cl)cc3)no2)nnc1-c1ccccc1F. The molecule has 5 nitrogen and oxygen atoms in total. The third-order valence-electron chi connectivity index (χ3n) is 3.99. The summed E-state index contributed by atoms with van der Waals surface area (Å²) in [6.07, 6.45) is 0. The lowest BCUT2D eigenvalue weighted by Crippen LogP contribution is -1.96. The topological polar surface area (TPSA) is 56.7 Å². The van der Waals surface area contributed by atoms with Gasteiger partial charge in [-0.2, -0.15) is 0 Å². The molecule has 4 rings (SSSR count). The largest absolute Gasteiger partial charge is 0.360 e. The van der Waals surface area contributed by atoms with E-state index < -0.39 is 0 Å². The molecule has 0 bridgehead atoms. The van der Waals surface area contributed by atoms with Gasteiger partial charge in [-0.3, -0.25) is 0 Å². The van der Waals surface area contributed by atoms with Gasteiger partial charge in [-0.15, -0.1) is 10.2 Å². The van der Waals surface area contributed by atoms with Crippen LogP contribution in [0, 0.1) is 5.82 Å². The van der Waals surface area contributed by atoms with Gasteiger partial charge in [-0.05, 0) is 24.3 Å². The molecule has 0 aliphatic carbocycles. The molecule has 0 fully saturated rings. The van der Waals surface area contributed by atoms with Crippen LogP contribution in [0.5, 0.6) is 0 Å². The Bertz CT molecular complexity index is 1080. The summed E-state index contributed by atoms with van der Waals surface area (Å²) >= 11 is 7.35. The Labute approximate surface area is 164 Å². The van der Waals surface area contributed by atoms with E-state index in [9.17, 15) is 4.39 Å². The van der Waals surface area contributed by atoms with Crippen LogP contribution in [-0.2, 0) is 12.8 Å². The van der Waals surface area contributed by atoms with Crippen LogP contribution in [-0.4, -0.2) is 19.9 Å². The molecule has 0 aliphatic rings. The minimum atomic E-state index is -0.326. The molecule has 136 valence electrons. The molecule has 27 heavy (non-hydrogen) atoms. The molecule has 0 unspecified atom stereocenters. The van der Waals surface area contributed by atoms with Crippen molar-refractivity contribution >= 4 is 23.4 Å². The summed E-state index contributed by atoms with van der Waals surface area (Å²) in [5.74, 6) is 1.40. The number of halogens is 2. The van der Waals surface area contributed by atoms with Crippen LogP contribution < -0.4 is 0 Å². The molecule has 0 spiro atoms. The molecule has 0 aliphatic heterocycles. The van der Waals surface area contributed by atoms with Crippen molar-refractivity contribution in [1.29, 1.82) is 0 Å². The summed E-state index contributed by atoms with van der Waals surface area (Å²) in [6.45, 7) is 0. The van der Waals surface area contributed by atoms with Crippen molar-refractivity contribution < 1.29 is 8.91 Å². The Hall–Kier alpha value is -2.64. The van der Waals surface area contributed by atoms with Gasteiger partial charge < -0.3 is 9.09 Å². The molecular weight excluding hydrogens is 387 g/mol. The fourth-order valence-electron chi connectivity index (χ4n) is 2.59. The first-order valence-corrected chi connectivity index (χ1v) is 9.47. The first-order chi connectivity index (χ1) is 13.1. The maximum atomic E-state index is 14.0. The molecule has 0 N–H and O–H groups in total. The minimum absolute atomic E-state index is 0.326. The minimum Gasteiger partial charge on any atom is -0.360 e. The number of hydrogen-bond donors (Lipinski definition) is 0. The van der Waals surface area contributed by atoms with Crippen molar-refractivity contribution in [3.05, 3.63) is 71.2 Å². The molecule has 2 heterocycles. The summed E-state index contributed by atoms with van der Waals surface area (Å²) in [4.78, 5) is 0. The Balaban J connectivity index is 1.49. The van der Waals surface area contributed by atoms with Gasteiger partial charge in [0.25, 0.3) is 0 Å². The van der Waals surface area contributed by atoms with Crippen molar-refractivity contribution in [1.82, 2.24) is 19.9 Å². The maximum absolute atomic E-state index is 14.0. The summed E-state index contributed by atoms with van der Waals surface area (Å²) in [7, 11) is 1.81. The van der Waals surface area contributed by atoms with E-state index in [0.29, 0.717) is 33.1 Å². The van der Waals surface area contributed by atoms with Crippen LogP contribution in [0.1, 0.15) is 5.76 Å². The van der Waals surface area contributed by atoms with E-state index in [1.807, 2.05) is 37.4 Å². The second-order valence-electron chi connectivity index (χ2n) is 5.82. The first kappa shape index (κ1) is 17.8. The third-order valence-corrected chi connectivity index (χ3v) is 5.29. The molecule has 0 radical (unpaired) electrons. The fraction of sp³-hybridized carbons (Fsp3) is 0.105. The molecule has 0 saturated heterocycles. The molecule has 8 heteroatoms. The van der Waals surface area contributed by atoms with Crippen LogP contribution in [0.2, 0.25) is 5.02 Å². The molecule has 2 aromatic heterocycles. The highest BCUT2D eigenvalue weighted by molar-refractivity contribution is 7.98. The van der Waals surface area contributed by atoms with Crippen LogP contribution in [0.25, 0.3) is 22.6 Å². The third kappa shape index (κ3) is 3.74. The van der Waals surface area contributed by atoms with Crippen LogP contribution in [0.3, 0.4) is 0 Å². The van der Waals surface area contributed by atoms with Crippen molar-refractivity contribution in [3.63, 3.8) is 0 Å². The highest BCUT2D eigenvalue weighted by Crippen LogP contribution is 2.28. The van der Waals surface area contributed by atoms with Crippen molar-refractivity contribution in [3.8, 4) is 22.6 Å². The molecule has 0 atom stereocenters. The van der Waals surface area contributed by atoms with Crippen LogP contribution in [0.4, 0.5) is 4.39 Å². The molecule has 2 aromatic carbocycles. The number of nitrogens with zero attached hydrogens (tertiary/aromatic N) is 4. The van der Waals surface area contributed by atoms with E-state index in [4.69, 9.17) is 16.1 Å². The number of rotatable bonds is 5. The van der Waals surface area contributed by atoms with E-state index in [2.05, 4.69) is 15.4 Å². The van der Waals surface area contributed by atoms with E-state index in [-0.39, 0.29) is 5.82 Å². The zero-order valence-corrected chi connectivity index (χ0v) is 15.8. The lowest BCUT2D eigenvalue weighted by atomic mass is 10.1. The number of benzene rings is 2. The van der Waals surface area contributed by atoms with Crippen LogP contribution in [0.15, 0.2) is 64.3 Å². The van der Waals surface area contributed by atoms with Gasteiger partial charge in [0.15, 0.2) is 11.0 Å². The van der Waals surface area contributed by atoms with Gasteiger partial charge in [0.05, 0.1) is 11.3 Å². The second-order valence-corrected chi connectivity index (χ2v) is 7.20. The molecular formula is C19H14ClFN4OS. The summed E-state index contributed by atoms with van der Waals surface area (Å²) in [5.41, 5.74) is 2.09. The lowest BCUT2D eigenvalue weighted by Gasteiger charge is -2.03. The van der Waals surface area contributed by atoms with Crippen LogP contribution >= 0.6 is 23.4 Å². The van der Waals surface area contributed by atoms with E-state index >= 15 is 0 Å². The van der Waals surface area contributed by atoms with Gasteiger partial charge >= 0.3 is 0 Å². The van der Waals surface area contributed by atoms with Gasteiger partial charge in [0.2, 0.25) is 0 Å². The molecule has 4 aromatic rings. The van der Waals surface area contributed by atoms with E-state index in [0.717, 1.165) is 11.3 Å². The number of thioether (sulfide) groups is 1. The van der Waals surface area contributed by atoms with Gasteiger partial charge in [-0.1, -0.05) is 52.8 Å². The highest BCUT2D eigenvalue weighted by Gasteiger charge is 2.15. The summed E-state index contributed by atoms with van der Waals surface area (Å²) in [5, 5.41) is 13.7. The van der Waals surface area contributed by atoms with Crippen molar-refractivity contribution in [2.75, 3.05) is 0 Å². The predicted octanol–water partition coefficient (Wildman–Crippen LogP) is 5.22. The maximum Gasteiger partial charge on any atom is 0.191 e. The lowest BCUT2D eigenvalue weighted by molar-refractivity contribution is 0.397. The first-order valence-electron chi connectivity index (χ1n) is 8.10. The zero-order valence-electron chi connectivity index (χ0n) is 14.3. The van der Waals surface area contributed by atoms with Crippen molar-refractivity contribution in [2.45, 2.75) is 10.9 Å². The predicted molar refractivity (Wildman–Crippen MR) is 103 cm³/mol. The van der Waals surface area contributed by atoms with E-state index in [1.54, 1.807) is 22.8 Å². The number of aromatic nitrogens is 4. The fourth-order valence-corrected chi connectivity index (χ4v) is 3.50. The Morgan fingerprint density at radius 2 is 1.89 bits per heavy atom. The van der Waals surface area contributed by atoms with Gasteiger partial charge in [-0.25, -0.2) is 4.39 Å². The Morgan fingerprint density at radius 3 is 2.67 bits per heavy atom. The summed E-state index contributed by atoms with van der Waals surface area (Å²) in [6, 6.07) is 15.8. The highest BCUT2D eigenvalue weighted by atomic mass is 35.5. The quantitative estimate of drug-likeness (QED) is 0.430. The smallest absolute Gasteiger partial charge is 0.191 e. The van der Waals surface area contributed by atoms with E-state index in [1.165, 1.54) is 17.8 Å². The monoisotopic (exact) mass is 400 g/mol. The van der Waals surface area contributed by atoms with Gasteiger partial charge in [0.1, 0.15) is 17.3 Å². The average molecular weight is 401 g/mol. The average Bonchev–Trinajstić information content (AvgIpc) is 3.28. The van der Waals surface area contributed by atoms with Gasteiger partial charge in [0, 0.05) is 23.7 Å². The summed E-state index contributed by atoms with van der Waals surface area (Å²) < 4.78 is 21.1. The standard InChI is InChI=1S/C19H14ClFN4OS/c1-25-18(15-4-2-3-5-16(15)21)22-23-19(25)27-11-14-10-17(24-26-14)12-6-8-13(20)9-7-12/h2-10H,11H2,1H3. The second kappa shape index (κ2) is 7.54. The molecule has 0 saturated carbocycles. The Kier molecular flexibility index (Phi) is 4.96. The number of hydrogen-bond acceptors (Lipinski definition) is 5. The normalized spacial score (nSPS) is 11.1. The zero-order chi connectivity index (χ0) is 18.8. The Morgan fingerprint density at radius 1 is 1.11 bits per heavy atom. The molecule has 0 amide bonds. The van der Waals surface area contributed by atoms with Crippen molar-refractivity contribution in [2.24, 2.45) is 7.05 Å².